The second-order valence-corrected chi connectivity index (χ2v) is 5.46. The highest BCUT2D eigenvalue weighted by molar-refractivity contribution is 6.32. The molecule has 25 heavy (non-hydrogen) atoms. The maximum absolute atomic E-state index is 8.83. The summed E-state index contributed by atoms with van der Waals surface area (Å²) < 4.78 is 5.14. The van der Waals surface area contributed by atoms with Crippen LogP contribution in [0.1, 0.15) is 5.56 Å². The third-order valence-electron chi connectivity index (χ3n) is 3.35. The summed E-state index contributed by atoms with van der Waals surface area (Å²) in [6.07, 6.45) is 1.65. The van der Waals surface area contributed by atoms with Crippen LogP contribution in [0.5, 0.6) is 5.75 Å². The monoisotopic (exact) mass is 351 g/mol. The Morgan fingerprint density at radius 1 is 1.04 bits per heavy atom. The molecule has 3 aromatic rings. The Morgan fingerprint density at radius 3 is 2.48 bits per heavy atom. The lowest BCUT2D eigenvalue weighted by Crippen LogP contribution is -2.00. The summed E-state index contributed by atoms with van der Waals surface area (Å²) in [5, 5.41) is 15.6. The van der Waals surface area contributed by atoms with Crippen LogP contribution in [0.3, 0.4) is 0 Å². The fourth-order valence-electron chi connectivity index (χ4n) is 2.14. The number of nitriles is 1. The van der Waals surface area contributed by atoms with Gasteiger partial charge in [-0.15, -0.1) is 0 Å². The van der Waals surface area contributed by atoms with E-state index in [1.165, 1.54) is 0 Å². The van der Waals surface area contributed by atoms with Crippen molar-refractivity contribution in [2.45, 2.75) is 0 Å². The number of anilines is 4. The predicted molar refractivity (Wildman–Crippen MR) is 97.8 cm³/mol. The number of nitrogens with one attached hydrogen (secondary N) is 2. The Kier molecular flexibility index (Phi) is 4.97. The molecule has 124 valence electrons. The SMILES string of the molecule is COc1ccc(Nc2ccnc(Nc3ccc(C#N)cc3)n2)cc1Cl. The molecule has 2 aromatic carbocycles. The molecule has 0 unspecified atom stereocenters. The molecule has 0 atom stereocenters. The maximum Gasteiger partial charge on any atom is 0.229 e. The highest BCUT2D eigenvalue weighted by Crippen LogP contribution is 2.28. The number of rotatable bonds is 5. The molecule has 0 aliphatic heterocycles. The molecular weight excluding hydrogens is 338 g/mol. The first kappa shape index (κ1) is 16.6. The molecule has 6 nitrogen and oxygen atoms in total. The summed E-state index contributed by atoms with van der Waals surface area (Å²) in [4.78, 5) is 8.60. The Balaban J connectivity index is 1.74. The minimum Gasteiger partial charge on any atom is -0.495 e. The molecule has 0 fully saturated rings. The van der Waals surface area contributed by atoms with E-state index in [0.717, 1.165) is 11.4 Å². The number of hydrogen-bond acceptors (Lipinski definition) is 6. The number of hydrogen-bond donors (Lipinski definition) is 2. The second kappa shape index (κ2) is 7.51. The van der Waals surface area contributed by atoms with Crippen molar-refractivity contribution in [2.75, 3.05) is 17.7 Å². The fourth-order valence-corrected chi connectivity index (χ4v) is 2.40. The zero-order valence-corrected chi connectivity index (χ0v) is 14.1. The van der Waals surface area contributed by atoms with E-state index in [1.807, 2.05) is 6.07 Å². The average molecular weight is 352 g/mol. The van der Waals surface area contributed by atoms with E-state index in [4.69, 9.17) is 21.6 Å². The van der Waals surface area contributed by atoms with Gasteiger partial charge in [0.05, 0.1) is 23.8 Å². The zero-order chi connectivity index (χ0) is 17.6. The van der Waals surface area contributed by atoms with Gasteiger partial charge in [0.25, 0.3) is 0 Å². The number of halogens is 1. The summed E-state index contributed by atoms with van der Waals surface area (Å²) in [6, 6.07) is 16.3. The number of benzene rings is 2. The Bertz CT molecular complexity index is 921. The van der Waals surface area contributed by atoms with Crippen LogP contribution in [-0.2, 0) is 0 Å². The third-order valence-corrected chi connectivity index (χ3v) is 3.65. The minimum atomic E-state index is 0.439. The topological polar surface area (TPSA) is 82.9 Å². The van der Waals surface area contributed by atoms with E-state index >= 15 is 0 Å². The summed E-state index contributed by atoms with van der Waals surface area (Å²) in [5.74, 6) is 1.67. The van der Waals surface area contributed by atoms with E-state index in [-0.39, 0.29) is 0 Å². The van der Waals surface area contributed by atoms with Gasteiger partial charge in [0.15, 0.2) is 0 Å². The van der Waals surface area contributed by atoms with Gasteiger partial charge in [-0.05, 0) is 48.5 Å². The molecule has 0 aliphatic rings. The quantitative estimate of drug-likeness (QED) is 0.704. The van der Waals surface area contributed by atoms with Gasteiger partial charge in [0.2, 0.25) is 5.95 Å². The molecular formula is C18H14ClN5O. The number of ether oxygens (including phenoxy) is 1. The number of nitrogens with zero attached hydrogens (tertiary/aromatic N) is 3. The van der Waals surface area contributed by atoms with Crippen LogP contribution >= 0.6 is 11.6 Å². The second-order valence-electron chi connectivity index (χ2n) is 5.05. The van der Waals surface area contributed by atoms with Crippen LogP contribution in [0.4, 0.5) is 23.1 Å². The van der Waals surface area contributed by atoms with Gasteiger partial charge in [-0.3, -0.25) is 0 Å². The number of aromatic nitrogens is 2. The van der Waals surface area contributed by atoms with Crippen LogP contribution in [0, 0.1) is 11.3 Å². The highest BCUT2D eigenvalue weighted by Gasteiger charge is 2.04. The van der Waals surface area contributed by atoms with Crippen molar-refractivity contribution < 1.29 is 4.74 Å². The molecule has 0 spiro atoms. The number of methoxy groups -OCH3 is 1. The lowest BCUT2D eigenvalue weighted by atomic mass is 10.2. The summed E-state index contributed by atoms with van der Waals surface area (Å²) in [7, 11) is 1.57. The van der Waals surface area contributed by atoms with Crippen LogP contribution < -0.4 is 15.4 Å². The van der Waals surface area contributed by atoms with Gasteiger partial charge in [-0.1, -0.05) is 11.6 Å². The minimum absolute atomic E-state index is 0.439. The molecule has 0 radical (unpaired) electrons. The van der Waals surface area contributed by atoms with Crippen LogP contribution in [0.2, 0.25) is 5.02 Å². The third kappa shape index (κ3) is 4.16. The van der Waals surface area contributed by atoms with Crippen molar-refractivity contribution in [3.63, 3.8) is 0 Å². The summed E-state index contributed by atoms with van der Waals surface area (Å²) >= 11 is 6.13. The van der Waals surface area contributed by atoms with E-state index in [1.54, 1.807) is 55.8 Å². The smallest absolute Gasteiger partial charge is 0.229 e. The zero-order valence-electron chi connectivity index (χ0n) is 13.3. The summed E-state index contributed by atoms with van der Waals surface area (Å²) in [5.41, 5.74) is 2.18. The molecule has 0 saturated heterocycles. The maximum atomic E-state index is 8.83. The molecule has 0 bridgehead atoms. The van der Waals surface area contributed by atoms with Crippen molar-refractivity contribution in [3.05, 3.63) is 65.3 Å². The lowest BCUT2D eigenvalue weighted by molar-refractivity contribution is 0.415. The Morgan fingerprint density at radius 2 is 1.80 bits per heavy atom. The molecule has 0 saturated carbocycles. The average Bonchev–Trinajstić information content (AvgIpc) is 2.63. The highest BCUT2D eigenvalue weighted by atomic mass is 35.5. The van der Waals surface area contributed by atoms with Gasteiger partial charge < -0.3 is 15.4 Å². The van der Waals surface area contributed by atoms with E-state index in [0.29, 0.717) is 28.1 Å². The van der Waals surface area contributed by atoms with Crippen molar-refractivity contribution >= 4 is 34.7 Å². The molecule has 0 aliphatic carbocycles. The molecule has 2 N–H and O–H groups in total. The first-order valence-electron chi connectivity index (χ1n) is 7.39. The van der Waals surface area contributed by atoms with Gasteiger partial charge in [0.1, 0.15) is 11.6 Å². The molecule has 0 amide bonds. The van der Waals surface area contributed by atoms with Gasteiger partial charge in [-0.2, -0.15) is 10.2 Å². The molecule has 7 heteroatoms. The van der Waals surface area contributed by atoms with Crippen LogP contribution in [0.25, 0.3) is 0 Å². The van der Waals surface area contributed by atoms with Crippen molar-refractivity contribution in [1.29, 1.82) is 5.26 Å². The van der Waals surface area contributed by atoms with Gasteiger partial charge in [-0.25, -0.2) is 4.98 Å². The van der Waals surface area contributed by atoms with E-state index in [2.05, 4.69) is 26.7 Å². The fraction of sp³-hybridized carbons (Fsp3) is 0.0556. The largest absolute Gasteiger partial charge is 0.495 e. The van der Waals surface area contributed by atoms with Crippen molar-refractivity contribution in [2.24, 2.45) is 0 Å². The van der Waals surface area contributed by atoms with Crippen molar-refractivity contribution in [1.82, 2.24) is 9.97 Å². The van der Waals surface area contributed by atoms with Crippen LogP contribution in [-0.4, -0.2) is 17.1 Å². The summed E-state index contributed by atoms with van der Waals surface area (Å²) in [6.45, 7) is 0. The molecule has 3 rings (SSSR count). The Hall–Kier alpha value is -3.30. The molecule has 1 aromatic heterocycles. The first-order chi connectivity index (χ1) is 12.2. The predicted octanol–water partition coefficient (Wildman–Crippen LogP) is 4.50. The molecule has 1 heterocycles. The van der Waals surface area contributed by atoms with E-state index < -0.39 is 0 Å². The van der Waals surface area contributed by atoms with Crippen LogP contribution in [0.15, 0.2) is 54.7 Å². The Labute approximate surface area is 150 Å². The lowest BCUT2D eigenvalue weighted by Gasteiger charge is -2.10. The van der Waals surface area contributed by atoms with Gasteiger partial charge in [0, 0.05) is 17.6 Å². The standard InChI is InChI=1S/C18H14ClN5O/c1-25-16-7-6-14(10-15(16)19)22-17-8-9-21-18(24-17)23-13-4-2-12(11-20)3-5-13/h2-10H,1H3,(H2,21,22,23,24). The van der Waals surface area contributed by atoms with E-state index in [9.17, 15) is 0 Å². The van der Waals surface area contributed by atoms with Gasteiger partial charge >= 0.3 is 0 Å². The normalized spacial score (nSPS) is 9.96. The van der Waals surface area contributed by atoms with Crippen molar-refractivity contribution in [3.8, 4) is 11.8 Å². The first-order valence-corrected chi connectivity index (χ1v) is 7.76.